The van der Waals surface area contributed by atoms with Crippen molar-refractivity contribution in [3.05, 3.63) is 69.6 Å². The Kier molecular flexibility index (Phi) is 5.53. The Morgan fingerprint density at radius 1 is 1.32 bits per heavy atom. The van der Waals surface area contributed by atoms with Gasteiger partial charge in [-0.25, -0.2) is 4.39 Å². The van der Waals surface area contributed by atoms with Crippen LogP contribution in [0, 0.1) is 35.4 Å². The van der Waals surface area contributed by atoms with Crippen molar-refractivity contribution in [2.24, 2.45) is 5.92 Å². The summed E-state index contributed by atoms with van der Waals surface area (Å²) in [6, 6.07) is 11.8. The zero-order valence-corrected chi connectivity index (χ0v) is 17.5. The van der Waals surface area contributed by atoms with Gasteiger partial charge in [-0.1, -0.05) is 29.8 Å². The van der Waals surface area contributed by atoms with Crippen molar-refractivity contribution in [1.82, 2.24) is 10.2 Å². The molecule has 1 aliphatic heterocycles. The van der Waals surface area contributed by atoms with Crippen molar-refractivity contribution in [3.8, 4) is 23.4 Å². The lowest BCUT2D eigenvalue weighted by molar-refractivity contribution is 0.274. The number of hydrogen-bond donors (Lipinski definition) is 2. The maximum atomic E-state index is 14.3. The van der Waals surface area contributed by atoms with Crippen LogP contribution in [-0.4, -0.2) is 23.2 Å². The highest BCUT2D eigenvalue weighted by atomic mass is 35.5. The molecule has 2 N–H and O–H groups in total. The molecule has 0 spiro atoms. The number of rotatable bonds is 5. The lowest BCUT2D eigenvalue weighted by atomic mass is 9.79. The van der Waals surface area contributed by atoms with Gasteiger partial charge in [0.25, 0.3) is 0 Å². The number of aryl methyl sites for hydroxylation is 1. The molecule has 3 aromatic rings. The van der Waals surface area contributed by atoms with Crippen LogP contribution in [0.2, 0.25) is 5.02 Å². The Balaban J connectivity index is 1.83. The van der Waals surface area contributed by atoms with Gasteiger partial charge in [0.2, 0.25) is 11.8 Å². The summed E-state index contributed by atoms with van der Waals surface area (Å²) in [7, 11) is 1.49. The summed E-state index contributed by atoms with van der Waals surface area (Å²) in [5, 5.41) is 25.2. The molecule has 2 aromatic carbocycles. The number of fused-ring (bicyclic) bond motifs is 1. The molecular weight excluding hydrogens is 423 g/mol. The molecule has 1 aliphatic rings. The van der Waals surface area contributed by atoms with Crippen molar-refractivity contribution in [2.45, 2.75) is 19.4 Å². The van der Waals surface area contributed by atoms with Crippen LogP contribution in [0.25, 0.3) is 0 Å². The molecule has 0 radical (unpaired) electrons. The van der Waals surface area contributed by atoms with Crippen LogP contribution >= 0.6 is 11.6 Å². The SMILES string of the molecule is COc1cccc(C2c3c(n[nH]c3C)OC(=N)C2C#N)c1OCc1c(F)cccc1Cl. The van der Waals surface area contributed by atoms with E-state index in [1.54, 1.807) is 24.3 Å². The number of aromatic nitrogens is 2. The molecule has 2 heterocycles. The molecule has 31 heavy (non-hydrogen) atoms. The smallest absolute Gasteiger partial charge is 0.243 e. The summed E-state index contributed by atoms with van der Waals surface area (Å²) in [5.41, 5.74) is 2.16. The van der Waals surface area contributed by atoms with Gasteiger partial charge in [0.15, 0.2) is 11.5 Å². The number of aromatic amines is 1. The molecule has 4 rings (SSSR count). The predicted octanol–water partition coefficient (Wildman–Crippen LogP) is 4.74. The van der Waals surface area contributed by atoms with Gasteiger partial charge in [0.05, 0.1) is 18.2 Å². The Bertz CT molecular complexity index is 1180. The second-order valence-corrected chi connectivity index (χ2v) is 7.39. The molecule has 0 saturated carbocycles. The lowest BCUT2D eigenvalue weighted by Gasteiger charge is -2.29. The fourth-order valence-corrected chi connectivity index (χ4v) is 3.94. The monoisotopic (exact) mass is 440 g/mol. The second-order valence-electron chi connectivity index (χ2n) is 6.99. The molecule has 7 nitrogen and oxygen atoms in total. The third-order valence-corrected chi connectivity index (χ3v) is 5.57. The van der Waals surface area contributed by atoms with E-state index in [0.717, 1.165) is 0 Å². The lowest BCUT2D eigenvalue weighted by Crippen LogP contribution is -2.31. The van der Waals surface area contributed by atoms with Crippen LogP contribution in [0.5, 0.6) is 17.4 Å². The normalized spacial score (nSPS) is 17.5. The van der Waals surface area contributed by atoms with Gasteiger partial charge in [-0.3, -0.25) is 10.5 Å². The second kappa shape index (κ2) is 8.28. The number of methoxy groups -OCH3 is 1. The Hall–Kier alpha value is -3.57. The maximum absolute atomic E-state index is 14.3. The van der Waals surface area contributed by atoms with E-state index in [1.165, 1.54) is 19.2 Å². The topological polar surface area (TPSA) is 104 Å². The van der Waals surface area contributed by atoms with Crippen LogP contribution < -0.4 is 14.2 Å². The summed E-state index contributed by atoms with van der Waals surface area (Å²) in [6.45, 7) is 1.67. The summed E-state index contributed by atoms with van der Waals surface area (Å²) < 4.78 is 31.2. The van der Waals surface area contributed by atoms with E-state index >= 15 is 0 Å². The third kappa shape index (κ3) is 3.57. The van der Waals surface area contributed by atoms with Gasteiger partial charge >= 0.3 is 0 Å². The van der Waals surface area contributed by atoms with Crippen LogP contribution in [0.15, 0.2) is 36.4 Å². The summed E-state index contributed by atoms with van der Waals surface area (Å²) in [6.07, 6.45) is 0. The molecule has 0 saturated heterocycles. The van der Waals surface area contributed by atoms with Crippen LogP contribution in [0.1, 0.15) is 28.3 Å². The van der Waals surface area contributed by atoms with Crippen molar-refractivity contribution in [1.29, 1.82) is 10.7 Å². The van der Waals surface area contributed by atoms with Crippen LogP contribution in [0.4, 0.5) is 4.39 Å². The van der Waals surface area contributed by atoms with Crippen LogP contribution in [0.3, 0.4) is 0 Å². The summed E-state index contributed by atoms with van der Waals surface area (Å²) in [5.74, 6) is -1.23. The highest BCUT2D eigenvalue weighted by Crippen LogP contribution is 2.48. The van der Waals surface area contributed by atoms with Gasteiger partial charge in [-0.2, -0.15) is 5.26 Å². The summed E-state index contributed by atoms with van der Waals surface area (Å²) >= 11 is 6.14. The largest absolute Gasteiger partial charge is 0.493 e. The molecule has 1 aromatic heterocycles. The number of nitrogens with one attached hydrogen (secondary N) is 2. The standard InChI is InChI=1S/C22H18ClFN4O3/c1-11-18-19(13(9-25)21(26)31-22(18)28-27-11)12-5-3-8-17(29-2)20(12)30-10-14-15(23)6-4-7-16(14)24/h3-8,13,19,26H,10H2,1-2H3,(H,27,28). The average Bonchev–Trinajstić information content (AvgIpc) is 3.12. The number of para-hydroxylation sites is 1. The molecule has 0 aliphatic carbocycles. The minimum absolute atomic E-state index is 0.145. The van der Waals surface area contributed by atoms with E-state index in [-0.39, 0.29) is 29.0 Å². The molecule has 0 fully saturated rings. The molecule has 0 amide bonds. The zero-order chi connectivity index (χ0) is 22.1. The van der Waals surface area contributed by atoms with Crippen molar-refractivity contribution in [2.75, 3.05) is 7.11 Å². The predicted molar refractivity (Wildman–Crippen MR) is 111 cm³/mol. The van der Waals surface area contributed by atoms with Gasteiger partial charge in [0.1, 0.15) is 18.3 Å². The number of ether oxygens (including phenoxy) is 3. The zero-order valence-electron chi connectivity index (χ0n) is 16.7. The average molecular weight is 441 g/mol. The Morgan fingerprint density at radius 2 is 2.10 bits per heavy atom. The molecule has 158 valence electrons. The maximum Gasteiger partial charge on any atom is 0.243 e. The first kappa shape index (κ1) is 20.7. The first-order chi connectivity index (χ1) is 15.0. The fourth-order valence-electron chi connectivity index (χ4n) is 3.72. The van der Waals surface area contributed by atoms with Crippen molar-refractivity contribution in [3.63, 3.8) is 0 Å². The number of H-pyrrole nitrogens is 1. The van der Waals surface area contributed by atoms with E-state index in [0.29, 0.717) is 28.3 Å². The quantitative estimate of drug-likeness (QED) is 0.596. The number of nitriles is 1. The van der Waals surface area contributed by atoms with E-state index < -0.39 is 17.7 Å². The number of hydrogen-bond acceptors (Lipinski definition) is 6. The van der Waals surface area contributed by atoms with Gasteiger partial charge in [0, 0.05) is 28.3 Å². The van der Waals surface area contributed by atoms with Gasteiger partial charge in [-0.15, -0.1) is 5.10 Å². The van der Waals surface area contributed by atoms with Gasteiger partial charge in [-0.05, 0) is 25.1 Å². The molecule has 2 unspecified atom stereocenters. The highest BCUT2D eigenvalue weighted by molar-refractivity contribution is 6.31. The van der Waals surface area contributed by atoms with Gasteiger partial charge < -0.3 is 14.2 Å². The first-order valence-electron chi connectivity index (χ1n) is 9.39. The van der Waals surface area contributed by atoms with Crippen LogP contribution in [-0.2, 0) is 6.61 Å². The minimum Gasteiger partial charge on any atom is -0.493 e. The number of halogens is 2. The van der Waals surface area contributed by atoms with Crippen molar-refractivity contribution >= 4 is 17.5 Å². The molecular formula is C22H18ClFN4O3. The number of benzene rings is 2. The van der Waals surface area contributed by atoms with E-state index in [1.807, 2.05) is 6.92 Å². The summed E-state index contributed by atoms with van der Waals surface area (Å²) in [4.78, 5) is 0. The Morgan fingerprint density at radius 3 is 2.81 bits per heavy atom. The van der Waals surface area contributed by atoms with E-state index in [9.17, 15) is 9.65 Å². The fraction of sp³-hybridized carbons (Fsp3) is 0.227. The molecule has 9 heteroatoms. The number of nitrogens with zero attached hydrogens (tertiary/aromatic N) is 2. The molecule has 2 atom stereocenters. The minimum atomic E-state index is -0.907. The highest BCUT2D eigenvalue weighted by Gasteiger charge is 2.41. The van der Waals surface area contributed by atoms with Crippen molar-refractivity contribution < 1.29 is 18.6 Å². The third-order valence-electron chi connectivity index (χ3n) is 5.22. The Labute approximate surface area is 182 Å². The van der Waals surface area contributed by atoms with E-state index in [2.05, 4.69) is 16.3 Å². The molecule has 0 bridgehead atoms. The van der Waals surface area contributed by atoms with E-state index in [4.69, 9.17) is 31.2 Å². The first-order valence-corrected chi connectivity index (χ1v) is 9.77.